The Hall–Kier alpha value is -3.23. The number of nitrogens with one attached hydrogen (secondary N) is 2. The second-order valence-corrected chi connectivity index (χ2v) is 5.01. The first-order chi connectivity index (χ1) is 12.0. The summed E-state index contributed by atoms with van der Waals surface area (Å²) >= 11 is 0. The number of hydrogen-bond acceptors (Lipinski definition) is 6. The Kier molecular flexibility index (Phi) is 4.73. The zero-order chi connectivity index (χ0) is 17.7. The molecule has 6 nitrogen and oxygen atoms in total. The summed E-state index contributed by atoms with van der Waals surface area (Å²) in [4.78, 5) is 8.27. The van der Waals surface area contributed by atoms with Crippen molar-refractivity contribution >= 4 is 17.5 Å². The topological polar surface area (TPSA) is 75.6 Å². The van der Waals surface area contributed by atoms with Gasteiger partial charge in [-0.05, 0) is 24.3 Å². The largest absolute Gasteiger partial charge is 0.418 e. The molecule has 0 saturated carbocycles. The molecule has 128 valence electrons. The molecule has 1 aromatic carbocycles. The maximum Gasteiger partial charge on any atom is 0.418 e. The maximum absolute atomic E-state index is 13.0. The van der Waals surface area contributed by atoms with Crippen molar-refractivity contribution in [3.8, 4) is 0 Å². The van der Waals surface area contributed by atoms with Crippen molar-refractivity contribution in [1.29, 1.82) is 0 Å². The zero-order valence-corrected chi connectivity index (χ0v) is 12.8. The first-order valence-electron chi connectivity index (χ1n) is 7.29. The second-order valence-electron chi connectivity index (χ2n) is 5.01. The predicted molar refractivity (Wildman–Crippen MR) is 86.1 cm³/mol. The van der Waals surface area contributed by atoms with E-state index in [1.165, 1.54) is 24.4 Å². The number of benzene rings is 1. The number of hydrogen-bond donors (Lipinski definition) is 2. The van der Waals surface area contributed by atoms with E-state index in [0.29, 0.717) is 12.4 Å². The Morgan fingerprint density at radius 1 is 1.00 bits per heavy atom. The Bertz CT molecular complexity index is 839. The van der Waals surface area contributed by atoms with Gasteiger partial charge in [-0.3, -0.25) is 4.98 Å². The van der Waals surface area contributed by atoms with E-state index in [2.05, 4.69) is 30.8 Å². The van der Waals surface area contributed by atoms with Gasteiger partial charge in [0.05, 0.1) is 29.7 Å². The van der Waals surface area contributed by atoms with Crippen LogP contribution in [0, 0.1) is 0 Å². The summed E-state index contributed by atoms with van der Waals surface area (Å²) in [5.41, 5.74) is -0.151. The highest BCUT2D eigenvalue weighted by Gasteiger charge is 2.33. The quantitative estimate of drug-likeness (QED) is 0.735. The molecule has 3 aromatic rings. The molecule has 2 N–H and O–H groups in total. The van der Waals surface area contributed by atoms with Crippen molar-refractivity contribution in [2.45, 2.75) is 12.7 Å². The lowest BCUT2D eigenvalue weighted by atomic mass is 10.1. The Balaban J connectivity index is 1.74. The third-order valence-corrected chi connectivity index (χ3v) is 3.21. The summed E-state index contributed by atoms with van der Waals surface area (Å²) in [5, 5.41) is 13.0. The predicted octanol–water partition coefficient (Wildman–Crippen LogP) is 3.64. The second kappa shape index (κ2) is 7.12. The van der Waals surface area contributed by atoms with Crippen LogP contribution in [0.25, 0.3) is 0 Å². The third-order valence-electron chi connectivity index (χ3n) is 3.21. The number of halogens is 3. The summed E-state index contributed by atoms with van der Waals surface area (Å²) in [5.74, 6) is 0.329. The summed E-state index contributed by atoms with van der Waals surface area (Å²) < 4.78 is 39.1. The van der Waals surface area contributed by atoms with Gasteiger partial charge in [-0.15, -0.1) is 5.10 Å². The van der Waals surface area contributed by atoms with Gasteiger partial charge < -0.3 is 10.6 Å². The Morgan fingerprint density at radius 2 is 1.80 bits per heavy atom. The Morgan fingerprint density at radius 3 is 2.56 bits per heavy atom. The van der Waals surface area contributed by atoms with Gasteiger partial charge >= 0.3 is 6.18 Å². The van der Waals surface area contributed by atoms with E-state index in [-0.39, 0.29) is 11.6 Å². The van der Waals surface area contributed by atoms with Crippen LogP contribution >= 0.6 is 0 Å². The van der Waals surface area contributed by atoms with E-state index in [9.17, 15) is 13.2 Å². The van der Waals surface area contributed by atoms with E-state index in [4.69, 9.17) is 0 Å². The molecule has 0 aliphatic heterocycles. The van der Waals surface area contributed by atoms with Gasteiger partial charge in [-0.2, -0.15) is 23.3 Å². The lowest BCUT2D eigenvalue weighted by molar-refractivity contribution is -0.136. The van der Waals surface area contributed by atoms with Crippen LogP contribution < -0.4 is 10.6 Å². The number of aromatic nitrogens is 4. The Labute approximate surface area is 141 Å². The van der Waals surface area contributed by atoms with Crippen LogP contribution in [-0.4, -0.2) is 20.2 Å². The molecule has 0 amide bonds. The molecule has 0 unspecified atom stereocenters. The molecule has 0 fully saturated rings. The van der Waals surface area contributed by atoms with Gasteiger partial charge in [0.15, 0.2) is 5.82 Å². The number of anilines is 3. The van der Waals surface area contributed by atoms with Gasteiger partial charge in [0.2, 0.25) is 5.95 Å². The number of pyridine rings is 1. The number of alkyl halides is 3. The first-order valence-corrected chi connectivity index (χ1v) is 7.29. The van der Waals surface area contributed by atoms with Gasteiger partial charge in [0.25, 0.3) is 0 Å². The number of rotatable bonds is 5. The van der Waals surface area contributed by atoms with Crippen LogP contribution in [0.15, 0.2) is 54.9 Å². The van der Waals surface area contributed by atoms with Crippen LogP contribution in [0.2, 0.25) is 0 Å². The lowest BCUT2D eigenvalue weighted by Gasteiger charge is -2.13. The standard InChI is InChI=1S/C16H13F3N6/c17-16(18,19)12-6-1-2-7-13(12)23-15-24-14(10-22-25-15)21-9-11-5-3-4-8-20-11/h1-8,10H,9H2,(H2,21,23,24,25). The van der Waals surface area contributed by atoms with E-state index in [0.717, 1.165) is 11.8 Å². The summed E-state index contributed by atoms with van der Waals surface area (Å²) in [6.07, 6.45) is -1.44. The molecule has 0 saturated heterocycles. The average molecular weight is 346 g/mol. The van der Waals surface area contributed by atoms with Crippen molar-refractivity contribution in [3.05, 3.63) is 66.1 Å². The van der Waals surface area contributed by atoms with Gasteiger partial charge in [-0.1, -0.05) is 18.2 Å². The van der Waals surface area contributed by atoms with Crippen molar-refractivity contribution in [1.82, 2.24) is 20.2 Å². The molecule has 0 aliphatic carbocycles. The van der Waals surface area contributed by atoms with Gasteiger partial charge in [0, 0.05) is 6.20 Å². The van der Waals surface area contributed by atoms with E-state index in [1.54, 1.807) is 12.3 Å². The molecule has 9 heteroatoms. The minimum Gasteiger partial charge on any atom is -0.363 e. The molecule has 2 aromatic heterocycles. The minimum absolute atomic E-state index is 0.0391. The van der Waals surface area contributed by atoms with Crippen LogP contribution in [0.3, 0.4) is 0 Å². The fourth-order valence-electron chi connectivity index (χ4n) is 2.09. The molecule has 25 heavy (non-hydrogen) atoms. The molecule has 0 spiro atoms. The smallest absolute Gasteiger partial charge is 0.363 e. The maximum atomic E-state index is 13.0. The van der Waals surface area contributed by atoms with Crippen LogP contribution in [-0.2, 0) is 12.7 Å². The molecule has 3 rings (SSSR count). The van der Waals surface area contributed by atoms with E-state index >= 15 is 0 Å². The van der Waals surface area contributed by atoms with E-state index in [1.807, 2.05) is 12.1 Å². The number of nitrogens with zero attached hydrogens (tertiary/aromatic N) is 4. The molecule has 0 atom stereocenters. The SMILES string of the molecule is FC(F)(F)c1ccccc1Nc1nncc(NCc2ccccn2)n1. The van der Waals surface area contributed by atoms with Crippen molar-refractivity contribution < 1.29 is 13.2 Å². The minimum atomic E-state index is -4.48. The molecular weight excluding hydrogens is 333 g/mol. The van der Waals surface area contributed by atoms with Gasteiger partial charge in [0.1, 0.15) is 0 Å². The monoisotopic (exact) mass is 346 g/mol. The summed E-state index contributed by atoms with van der Waals surface area (Å²) in [6.45, 7) is 0.401. The van der Waals surface area contributed by atoms with Crippen molar-refractivity contribution in [2.24, 2.45) is 0 Å². The highest BCUT2D eigenvalue weighted by atomic mass is 19.4. The van der Waals surface area contributed by atoms with Crippen LogP contribution in [0.4, 0.5) is 30.6 Å². The lowest BCUT2D eigenvalue weighted by Crippen LogP contribution is -2.10. The van der Waals surface area contributed by atoms with Crippen LogP contribution in [0.5, 0.6) is 0 Å². The molecule has 2 heterocycles. The van der Waals surface area contributed by atoms with Crippen molar-refractivity contribution in [3.63, 3.8) is 0 Å². The summed E-state index contributed by atoms with van der Waals surface area (Å²) in [7, 11) is 0. The first kappa shape index (κ1) is 16.6. The van der Waals surface area contributed by atoms with Crippen LogP contribution in [0.1, 0.15) is 11.3 Å². The third kappa shape index (κ3) is 4.40. The fourth-order valence-corrected chi connectivity index (χ4v) is 2.09. The van der Waals surface area contributed by atoms with E-state index < -0.39 is 11.7 Å². The highest BCUT2D eigenvalue weighted by molar-refractivity contribution is 5.59. The average Bonchev–Trinajstić information content (AvgIpc) is 2.61. The highest BCUT2D eigenvalue weighted by Crippen LogP contribution is 2.35. The zero-order valence-electron chi connectivity index (χ0n) is 12.8. The van der Waals surface area contributed by atoms with Gasteiger partial charge in [-0.25, -0.2) is 0 Å². The summed E-state index contributed by atoms with van der Waals surface area (Å²) in [6, 6.07) is 10.6. The normalized spacial score (nSPS) is 11.2. The number of para-hydroxylation sites is 1. The van der Waals surface area contributed by atoms with Crippen molar-refractivity contribution in [2.75, 3.05) is 10.6 Å². The molecule has 0 bridgehead atoms. The molecule has 0 aliphatic rings. The fraction of sp³-hybridized carbons (Fsp3) is 0.125. The molecule has 0 radical (unpaired) electrons. The molecular formula is C16H13F3N6.